The highest BCUT2D eigenvalue weighted by Gasteiger charge is 2.43. The summed E-state index contributed by atoms with van der Waals surface area (Å²) in [6.45, 7) is 2.29. The number of amides is 3. The Labute approximate surface area is 198 Å². The topological polar surface area (TPSA) is 110 Å². The van der Waals surface area contributed by atoms with Crippen molar-refractivity contribution in [3.05, 3.63) is 70.8 Å². The van der Waals surface area contributed by atoms with E-state index < -0.39 is 23.7 Å². The fourth-order valence-corrected chi connectivity index (χ4v) is 5.33. The molecule has 5 rings (SSSR count). The summed E-state index contributed by atoms with van der Waals surface area (Å²) in [5, 5.41) is 24.8. The van der Waals surface area contributed by atoms with E-state index in [0.717, 1.165) is 12.1 Å². The minimum absolute atomic E-state index is 0.202. The molecule has 3 aliphatic rings. The van der Waals surface area contributed by atoms with Gasteiger partial charge in [-0.1, -0.05) is 42.5 Å². The number of imide groups is 1. The Morgan fingerprint density at radius 2 is 1.82 bits per heavy atom. The second-order valence-electron chi connectivity index (χ2n) is 9.51. The molecule has 0 spiro atoms. The summed E-state index contributed by atoms with van der Waals surface area (Å²) in [4.78, 5) is 40.5. The predicted molar refractivity (Wildman–Crippen MR) is 123 cm³/mol. The number of aliphatic hydroxyl groups is 2. The normalized spacial score (nSPS) is 27.9. The van der Waals surface area contributed by atoms with Crippen LogP contribution in [0.1, 0.15) is 52.7 Å². The highest BCUT2D eigenvalue weighted by Crippen LogP contribution is 2.37. The number of fused-ring (bicyclic) bond motifs is 1. The quantitative estimate of drug-likeness (QED) is 0.590. The molecule has 3 N–H and O–H groups in total. The summed E-state index contributed by atoms with van der Waals surface area (Å²) in [7, 11) is 0. The third-order valence-electron chi connectivity index (χ3n) is 7.35. The lowest BCUT2D eigenvalue weighted by Gasteiger charge is -2.32. The summed E-state index contributed by atoms with van der Waals surface area (Å²) in [6.07, 6.45) is 0.367. The van der Waals surface area contributed by atoms with Crippen LogP contribution in [-0.4, -0.2) is 63.0 Å². The molecule has 3 amide bonds. The van der Waals surface area contributed by atoms with Crippen molar-refractivity contribution in [2.75, 3.05) is 13.1 Å². The maximum Gasteiger partial charge on any atom is 0.255 e. The minimum Gasteiger partial charge on any atom is -0.390 e. The molecule has 8 nitrogen and oxygen atoms in total. The van der Waals surface area contributed by atoms with E-state index in [2.05, 4.69) is 22.3 Å². The van der Waals surface area contributed by atoms with Gasteiger partial charge >= 0.3 is 0 Å². The molecule has 3 heterocycles. The maximum absolute atomic E-state index is 13.0. The van der Waals surface area contributed by atoms with E-state index in [1.165, 1.54) is 10.5 Å². The van der Waals surface area contributed by atoms with Crippen LogP contribution in [0.2, 0.25) is 0 Å². The van der Waals surface area contributed by atoms with Gasteiger partial charge in [-0.15, -0.1) is 0 Å². The van der Waals surface area contributed by atoms with Crippen molar-refractivity contribution < 1.29 is 24.6 Å². The number of likely N-dealkylation sites (tertiary alicyclic amines) is 1. The van der Waals surface area contributed by atoms with E-state index in [1.54, 1.807) is 18.2 Å². The zero-order valence-electron chi connectivity index (χ0n) is 18.9. The monoisotopic (exact) mass is 463 g/mol. The Hall–Kier alpha value is -3.07. The van der Waals surface area contributed by atoms with Crippen LogP contribution in [0.5, 0.6) is 0 Å². The van der Waals surface area contributed by atoms with Gasteiger partial charge in [-0.25, -0.2) is 0 Å². The van der Waals surface area contributed by atoms with E-state index in [-0.39, 0.29) is 24.8 Å². The lowest BCUT2D eigenvalue weighted by molar-refractivity contribution is -0.136. The average molecular weight is 464 g/mol. The van der Waals surface area contributed by atoms with Crippen molar-refractivity contribution in [2.24, 2.45) is 0 Å². The second-order valence-corrected chi connectivity index (χ2v) is 9.51. The van der Waals surface area contributed by atoms with Crippen molar-refractivity contribution >= 4 is 17.7 Å². The summed E-state index contributed by atoms with van der Waals surface area (Å²) in [6, 6.07) is 14.6. The molecule has 8 heteroatoms. The third-order valence-corrected chi connectivity index (χ3v) is 7.35. The van der Waals surface area contributed by atoms with E-state index in [0.29, 0.717) is 43.5 Å². The molecule has 3 aliphatic heterocycles. The van der Waals surface area contributed by atoms with Crippen LogP contribution < -0.4 is 5.32 Å². The number of benzene rings is 2. The third kappa shape index (κ3) is 4.13. The SMILES string of the molecule is O=C1CCC(N2Cc3cc(C4(O)CCN(Cc5ccccc5)CCC4O)ccc3C2=O)C(=O)N1. The maximum atomic E-state index is 13.0. The lowest BCUT2D eigenvalue weighted by atomic mass is 9.83. The van der Waals surface area contributed by atoms with Gasteiger partial charge in [0.25, 0.3) is 5.91 Å². The first kappa shape index (κ1) is 22.7. The number of hydrogen-bond acceptors (Lipinski definition) is 6. The largest absolute Gasteiger partial charge is 0.390 e. The zero-order valence-corrected chi connectivity index (χ0v) is 18.9. The average Bonchev–Trinajstić information content (AvgIpc) is 3.08. The highest BCUT2D eigenvalue weighted by atomic mass is 16.3. The van der Waals surface area contributed by atoms with Crippen LogP contribution in [-0.2, 0) is 28.3 Å². The number of carbonyl (C=O) groups is 3. The van der Waals surface area contributed by atoms with Crippen LogP contribution in [0, 0.1) is 0 Å². The zero-order chi connectivity index (χ0) is 23.9. The molecule has 0 radical (unpaired) electrons. The summed E-state index contributed by atoms with van der Waals surface area (Å²) >= 11 is 0. The fraction of sp³-hybridized carbons (Fsp3) is 0.423. The van der Waals surface area contributed by atoms with Gasteiger partial charge < -0.3 is 15.1 Å². The number of piperidine rings is 1. The van der Waals surface area contributed by atoms with Crippen molar-refractivity contribution in [1.82, 2.24) is 15.1 Å². The first-order valence-corrected chi connectivity index (χ1v) is 11.8. The molecule has 0 saturated carbocycles. The summed E-state index contributed by atoms with van der Waals surface area (Å²) in [5.41, 5.74) is 1.56. The van der Waals surface area contributed by atoms with E-state index in [1.807, 2.05) is 18.2 Å². The molecule has 34 heavy (non-hydrogen) atoms. The molecular weight excluding hydrogens is 434 g/mol. The smallest absolute Gasteiger partial charge is 0.255 e. The van der Waals surface area contributed by atoms with Crippen LogP contribution in [0.3, 0.4) is 0 Å². The van der Waals surface area contributed by atoms with Gasteiger partial charge in [0.2, 0.25) is 11.8 Å². The summed E-state index contributed by atoms with van der Waals surface area (Å²) < 4.78 is 0. The number of nitrogens with zero attached hydrogens (tertiary/aromatic N) is 2. The lowest BCUT2D eigenvalue weighted by Crippen LogP contribution is -2.52. The molecule has 2 aromatic rings. The molecule has 0 aromatic heterocycles. The molecular formula is C26H29N3O5. The number of carbonyl (C=O) groups excluding carboxylic acids is 3. The number of aliphatic hydroxyl groups excluding tert-OH is 1. The van der Waals surface area contributed by atoms with Crippen molar-refractivity contribution in [3.8, 4) is 0 Å². The van der Waals surface area contributed by atoms with Gasteiger partial charge in [-0.2, -0.15) is 0 Å². The molecule has 0 aliphatic carbocycles. The van der Waals surface area contributed by atoms with Gasteiger partial charge in [-0.05, 0) is 42.0 Å². The Morgan fingerprint density at radius 1 is 1.03 bits per heavy atom. The second kappa shape index (κ2) is 8.94. The molecule has 0 bridgehead atoms. The minimum atomic E-state index is -1.43. The number of nitrogens with one attached hydrogen (secondary N) is 1. The standard InChI is InChI=1S/C26H29N3O5/c30-22-10-12-28(15-17-4-2-1-3-5-17)13-11-26(22,34)19-6-7-20-18(14-19)16-29(25(20)33)21-8-9-23(31)27-24(21)32/h1-7,14,21-22,30,34H,8-13,15-16H2,(H,27,31,32). The van der Waals surface area contributed by atoms with Crippen molar-refractivity contribution in [2.45, 2.75) is 56.5 Å². The van der Waals surface area contributed by atoms with Crippen LogP contribution in [0.4, 0.5) is 0 Å². The molecule has 2 aromatic carbocycles. The van der Waals surface area contributed by atoms with E-state index >= 15 is 0 Å². The molecule has 3 atom stereocenters. The molecule has 2 fully saturated rings. The highest BCUT2D eigenvalue weighted by molar-refractivity contribution is 6.05. The summed E-state index contributed by atoms with van der Waals surface area (Å²) in [5.74, 6) is -1.02. The Morgan fingerprint density at radius 3 is 2.59 bits per heavy atom. The van der Waals surface area contributed by atoms with Crippen molar-refractivity contribution in [1.29, 1.82) is 0 Å². The Kier molecular flexibility index (Phi) is 5.97. The van der Waals surface area contributed by atoms with E-state index in [4.69, 9.17) is 0 Å². The van der Waals surface area contributed by atoms with Crippen LogP contribution in [0.15, 0.2) is 48.5 Å². The van der Waals surface area contributed by atoms with Gasteiger partial charge in [0.1, 0.15) is 11.6 Å². The molecule has 2 saturated heterocycles. The first-order chi connectivity index (χ1) is 16.3. The predicted octanol–water partition coefficient (Wildman–Crippen LogP) is 1.29. The number of rotatable bonds is 4. The Balaban J connectivity index is 1.33. The fourth-order valence-electron chi connectivity index (χ4n) is 5.33. The van der Waals surface area contributed by atoms with Crippen LogP contribution in [0.25, 0.3) is 0 Å². The number of hydrogen-bond donors (Lipinski definition) is 3. The van der Waals surface area contributed by atoms with Crippen molar-refractivity contribution in [3.63, 3.8) is 0 Å². The van der Waals surface area contributed by atoms with Gasteiger partial charge in [0, 0.05) is 38.2 Å². The first-order valence-electron chi connectivity index (χ1n) is 11.8. The van der Waals surface area contributed by atoms with E-state index in [9.17, 15) is 24.6 Å². The van der Waals surface area contributed by atoms with Gasteiger partial charge in [0.05, 0.1) is 6.10 Å². The van der Waals surface area contributed by atoms with Gasteiger partial charge in [0.15, 0.2) is 0 Å². The Bertz CT molecular complexity index is 1120. The molecule has 178 valence electrons. The van der Waals surface area contributed by atoms with Gasteiger partial charge in [-0.3, -0.25) is 24.6 Å². The molecule has 3 unspecified atom stereocenters. The van der Waals surface area contributed by atoms with Crippen LogP contribution >= 0.6 is 0 Å².